The van der Waals surface area contributed by atoms with Crippen molar-refractivity contribution in [3.63, 3.8) is 0 Å². The van der Waals surface area contributed by atoms with Gasteiger partial charge in [0.1, 0.15) is 0 Å². The van der Waals surface area contributed by atoms with E-state index in [1.807, 2.05) is 0 Å². The molecule has 10 heteroatoms. The summed E-state index contributed by atoms with van der Waals surface area (Å²) < 4.78 is 37.5. The molecule has 1 saturated heterocycles. The van der Waals surface area contributed by atoms with Gasteiger partial charge in [-0.05, 0) is 19.4 Å². The molecule has 0 saturated carbocycles. The molecule has 7 nitrogen and oxygen atoms in total. The second kappa shape index (κ2) is 8.13. The summed E-state index contributed by atoms with van der Waals surface area (Å²) in [4.78, 5) is 22.9. The van der Waals surface area contributed by atoms with Crippen molar-refractivity contribution < 1.29 is 18.0 Å². The molecule has 1 aliphatic rings. The Bertz CT molecular complexity index is 528. The van der Waals surface area contributed by atoms with E-state index in [-0.39, 0.29) is 12.0 Å². The second-order valence-corrected chi connectivity index (χ2v) is 5.47. The smallest absolute Gasteiger partial charge is 0.338 e. The molecule has 1 fully saturated rings. The first kappa shape index (κ1) is 18.2. The van der Waals surface area contributed by atoms with Crippen LogP contribution in [-0.4, -0.2) is 60.2 Å². The maximum absolute atomic E-state index is 12.5. The van der Waals surface area contributed by atoms with Crippen molar-refractivity contribution >= 4 is 12.0 Å². The molecule has 0 unspecified atom stereocenters. The van der Waals surface area contributed by atoms with Crippen LogP contribution in [0.2, 0.25) is 0 Å². The predicted octanol–water partition coefficient (Wildman–Crippen LogP) is 1.07. The van der Waals surface area contributed by atoms with Crippen molar-refractivity contribution in [2.75, 3.05) is 44.2 Å². The average Bonchev–Trinajstić information content (AvgIpc) is 2.58. The van der Waals surface area contributed by atoms with Gasteiger partial charge in [0.05, 0.1) is 5.56 Å². The van der Waals surface area contributed by atoms with Crippen LogP contribution in [0.25, 0.3) is 0 Å². The number of carbonyl (C=O) groups excluding carboxylic acids is 1. The molecule has 2 amide bonds. The van der Waals surface area contributed by atoms with Crippen LogP contribution in [-0.2, 0) is 6.18 Å². The third-order valence-corrected chi connectivity index (χ3v) is 3.72. The number of piperazine rings is 1. The molecule has 0 atom stereocenters. The van der Waals surface area contributed by atoms with Gasteiger partial charge in [-0.2, -0.15) is 13.2 Å². The molecule has 1 aliphatic heterocycles. The second-order valence-electron chi connectivity index (χ2n) is 5.47. The number of amides is 2. The zero-order chi connectivity index (χ0) is 17.6. The lowest BCUT2D eigenvalue weighted by molar-refractivity contribution is -0.138. The number of anilines is 1. The Labute approximate surface area is 138 Å². The number of urea groups is 1. The van der Waals surface area contributed by atoms with Crippen LogP contribution in [0.4, 0.5) is 23.9 Å². The van der Waals surface area contributed by atoms with Gasteiger partial charge in [-0.15, -0.1) is 0 Å². The third kappa shape index (κ3) is 4.95. The Morgan fingerprint density at radius 1 is 1.17 bits per heavy atom. The fourth-order valence-electron chi connectivity index (χ4n) is 2.32. The third-order valence-electron chi connectivity index (χ3n) is 3.72. The fourth-order valence-corrected chi connectivity index (χ4v) is 2.32. The summed E-state index contributed by atoms with van der Waals surface area (Å²) in [6.45, 7) is 3.06. The maximum Gasteiger partial charge on any atom is 0.419 e. The molecule has 0 spiro atoms. The molecule has 1 aromatic heterocycles. The van der Waals surface area contributed by atoms with Crippen LogP contribution in [0, 0.1) is 0 Å². The highest BCUT2D eigenvalue weighted by atomic mass is 19.4. The van der Waals surface area contributed by atoms with Gasteiger partial charge in [-0.1, -0.05) is 0 Å². The molecule has 0 radical (unpaired) electrons. The van der Waals surface area contributed by atoms with Gasteiger partial charge >= 0.3 is 12.2 Å². The first-order valence-electron chi connectivity index (χ1n) is 7.79. The lowest BCUT2D eigenvalue weighted by Gasteiger charge is -2.34. The normalized spacial score (nSPS) is 15.5. The average molecular weight is 346 g/mol. The van der Waals surface area contributed by atoms with Gasteiger partial charge < -0.3 is 20.9 Å². The van der Waals surface area contributed by atoms with Gasteiger partial charge in [0.15, 0.2) is 0 Å². The lowest BCUT2D eigenvalue weighted by atomic mass is 10.3. The summed E-state index contributed by atoms with van der Waals surface area (Å²) in [6, 6.07) is -0.139. The Balaban J connectivity index is 1.81. The Morgan fingerprint density at radius 2 is 1.79 bits per heavy atom. The summed E-state index contributed by atoms with van der Waals surface area (Å²) in [5, 5.41) is 2.82. The van der Waals surface area contributed by atoms with Crippen LogP contribution in [0.15, 0.2) is 12.4 Å². The van der Waals surface area contributed by atoms with Gasteiger partial charge in [-0.25, -0.2) is 14.8 Å². The van der Waals surface area contributed by atoms with Gasteiger partial charge in [-0.3, -0.25) is 0 Å². The van der Waals surface area contributed by atoms with E-state index in [9.17, 15) is 18.0 Å². The largest absolute Gasteiger partial charge is 0.419 e. The van der Waals surface area contributed by atoms with Crippen LogP contribution >= 0.6 is 0 Å². The monoisotopic (exact) mass is 346 g/mol. The predicted molar refractivity (Wildman–Crippen MR) is 82.5 cm³/mol. The maximum atomic E-state index is 12.5. The lowest BCUT2D eigenvalue weighted by Crippen LogP contribution is -2.52. The number of unbranched alkanes of at least 4 members (excludes halogenated alkanes) is 1. The van der Waals surface area contributed by atoms with Crippen LogP contribution in [0.1, 0.15) is 18.4 Å². The summed E-state index contributed by atoms with van der Waals surface area (Å²) in [6.07, 6.45) is -1.20. The highest BCUT2D eigenvalue weighted by Crippen LogP contribution is 2.28. The van der Waals surface area contributed by atoms with Gasteiger partial charge in [0.2, 0.25) is 5.95 Å². The molecular weight excluding hydrogens is 325 g/mol. The summed E-state index contributed by atoms with van der Waals surface area (Å²) in [5.41, 5.74) is 4.52. The zero-order valence-corrected chi connectivity index (χ0v) is 13.2. The van der Waals surface area contributed by atoms with Crippen LogP contribution in [0.3, 0.4) is 0 Å². The zero-order valence-electron chi connectivity index (χ0n) is 13.2. The van der Waals surface area contributed by atoms with E-state index < -0.39 is 11.7 Å². The Kier molecular flexibility index (Phi) is 6.18. The molecule has 2 heterocycles. The van der Waals surface area contributed by atoms with Gasteiger partial charge in [0.25, 0.3) is 0 Å². The van der Waals surface area contributed by atoms with E-state index >= 15 is 0 Å². The van der Waals surface area contributed by atoms with E-state index in [4.69, 9.17) is 5.73 Å². The number of nitrogens with one attached hydrogen (secondary N) is 1. The molecule has 24 heavy (non-hydrogen) atoms. The first-order chi connectivity index (χ1) is 11.4. The molecule has 2 rings (SSSR count). The van der Waals surface area contributed by atoms with Crippen LogP contribution < -0.4 is 16.0 Å². The SMILES string of the molecule is NCCCCNC(=O)N1CCN(c2ncc(C(F)(F)F)cn2)CC1. The number of nitrogens with two attached hydrogens (primary N) is 1. The number of aromatic nitrogens is 2. The molecule has 134 valence electrons. The number of hydrogen-bond acceptors (Lipinski definition) is 5. The topological polar surface area (TPSA) is 87.4 Å². The number of alkyl halides is 3. The van der Waals surface area contributed by atoms with E-state index in [1.54, 1.807) is 9.80 Å². The van der Waals surface area contributed by atoms with Crippen molar-refractivity contribution in [3.8, 4) is 0 Å². The number of nitrogens with zero attached hydrogens (tertiary/aromatic N) is 4. The van der Waals surface area contributed by atoms with Crippen molar-refractivity contribution in [2.45, 2.75) is 19.0 Å². The summed E-state index contributed by atoms with van der Waals surface area (Å²) in [5.74, 6) is 0.242. The van der Waals surface area contributed by atoms with E-state index in [2.05, 4.69) is 15.3 Å². The number of carbonyl (C=O) groups is 1. The molecule has 1 aromatic rings. The molecule has 0 bridgehead atoms. The number of halogens is 3. The summed E-state index contributed by atoms with van der Waals surface area (Å²) in [7, 11) is 0. The minimum Gasteiger partial charge on any atom is -0.338 e. The fraction of sp³-hybridized carbons (Fsp3) is 0.643. The van der Waals surface area contributed by atoms with Gasteiger partial charge in [0, 0.05) is 45.1 Å². The molecular formula is C14H21F3N6O. The van der Waals surface area contributed by atoms with Crippen molar-refractivity contribution in [2.24, 2.45) is 5.73 Å². The van der Waals surface area contributed by atoms with E-state index in [0.29, 0.717) is 39.3 Å². The molecule has 3 N–H and O–H groups in total. The van der Waals surface area contributed by atoms with Crippen molar-refractivity contribution in [1.29, 1.82) is 0 Å². The Morgan fingerprint density at radius 3 is 2.33 bits per heavy atom. The Hall–Kier alpha value is -2.10. The highest BCUT2D eigenvalue weighted by Gasteiger charge is 2.32. The minimum atomic E-state index is -4.45. The van der Waals surface area contributed by atoms with E-state index in [1.165, 1.54) is 0 Å². The quantitative estimate of drug-likeness (QED) is 0.779. The molecule has 0 aliphatic carbocycles. The number of rotatable bonds is 5. The first-order valence-corrected chi connectivity index (χ1v) is 7.79. The standard InChI is InChI=1S/C14H21F3N6O/c15-14(16,17)11-9-20-12(21-10-11)22-5-7-23(8-6-22)13(24)19-4-2-1-3-18/h9-10H,1-8,18H2,(H,19,24). The summed E-state index contributed by atoms with van der Waals surface area (Å²) >= 11 is 0. The van der Waals surface area contributed by atoms with Crippen LogP contribution in [0.5, 0.6) is 0 Å². The minimum absolute atomic E-state index is 0.139. The van der Waals surface area contributed by atoms with Crippen molar-refractivity contribution in [3.05, 3.63) is 18.0 Å². The highest BCUT2D eigenvalue weighted by molar-refractivity contribution is 5.74. The van der Waals surface area contributed by atoms with Crippen molar-refractivity contribution in [1.82, 2.24) is 20.2 Å². The molecule has 0 aromatic carbocycles. The number of hydrogen-bond donors (Lipinski definition) is 2. The van der Waals surface area contributed by atoms with E-state index in [0.717, 1.165) is 25.2 Å².